The summed E-state index contributed by atoms with van der Waals surface area (Å²) in [5, 5.41) is 0. The molecule has 230 valence electrons. The molecule has 1 aliphatic heterocycles. The zero-order chi connectivity index (χ0) is 30.7. The van der Waals surface area contributed by atoms with Crippen LogP contribution in [0.25, 0.3) is 0 Å². The number of hydrogen-bond acceptors (Lipinski definition) is 7. The summed E-state index contributed by atoms with van der Waals surface area (Å²) in [5.74, 6) is -0.703. The molecule has 7 nitrogen and oxygen atoms in total. The first-order chi connectivity index (χ1) is 22.2. The molecule has 1 aromatic heterocycles. The third kappa shape index (κ3) is 8.38. The van der Waals surface area contributed by atoms with E-state index in [2.05, 4.69) is 9.97 Å². The van der Waals surface area contributed by atoms with Gasteiger partial charge in [0.1, 0.15) is 36.7 Å². The summed E-state index contributed by atoms with van der Waals surface area (Å²) in [6.07, 6.45) is -1.31. The average Bonchev–Trinajstić information content (AvgIpc) is 3.43. The first-order valence-corrected chi connectivity index (χ1v) is 15.0. The summed E-state index contributed by atoms with van der Waals surface area (Å²) < 4.78 is 46.9. The summed E-state index contributed by atoms with van der Waals surface area (Å²) in [5.41, 5.74) is 3.97. The van der Waals surface area contributed by atoms with Crippen LogP contribution in [-0.2, 0) is 45.4 Å². The van der Waals surface area contributed by atoms with E-state index in [4.69, 9.17) is 23.7 Å². The fourth-order valence-corrected chi connectivity index (χ4v) is 5.22. The highest BCUT2D eigenvalue weighted by Crippen LogP contribution is 2.39. The Morgan fingerprint density at radius 1 is 0.600 bits per heavy atom. The topological polar surface area (TPSA) is 71.9 Å². The van der Waals surface area contributed by atoms with Crippen LogP contribution in [0.1, 0.15) is 34.1 Å². The van der Waals surface area contributed by atoms with Crippen LogP contribution in [0, 0.1) is 5.95 Å². The Hall–Kier alpha value is -4.47. The van der Waals surface area contributed by atoms with Crippen molar-refractivity contribution >= 4 is 0 Å². The van der Waals surface area contributed by atoms with Crippen molar-refractivity contribution in [3.8, 4) is 5.88 Å². The third-order valence-electron chi connectivity index (χ3n) is 7.51. The molecule has 0 spiro atoms. The quantitative estimate of drug-likeness (QED) is 0.135. The Morgan fingerprint density at radius 3 is 1.62 bits per heavy atom. The predicted octanol–water partition coefficient (Wildman–Crippen LogP) is 7.02. The Kier molecular flexibility index (Phi) is 10.5. The smallest absolute Gasteiger partial charge is 0.240 e. The zero-order valence-electron chi connectivity index (χ0n) is 24.8. The van der Waals surface area contributed by atoms with E-state index in [-0.39, 0.29) is 31.4 Å². The molecular weight excluding hydrogens is 571 g/mol. The van der Waals surface area contributed by atoms with Crippen molar-refractivity contribution in [1.29, 1.82) is 0 Å². The van der Waals surface area contributed by atoms with Crippen LogP contribution < -0.4 is 4.74 Å². The van der Waals surface area contributed by atoms with Gasteiger partial charge in [0.05, 0.1) is 32.6 Å². The lowest BCUT2D eigenvalue weighted by atomic mass is 10.0. The first-order valence-electron chi connectivity index (χ1n) is 15.0. The van der Waals surface area contributed by atoms with E-state index in [0.29, 0.717) is 13.2 Å². The number of ether oxygens (including phenoxy) is 5. The Bertz CT molecular complexity index is 1600. The van der Waals surface area contributed by atoms with Gasteiger partial charge in [-0.1, -0.05) is 121 Å². The molecule has 1 fully saturated rings. The normalized spacial score (nSPS) is 19.4. The third-order valence-corrected chi connectivity index (χ3v) is 7.51. The maximum atomic E-state index is 15.7. The first kappa shape index (κ1) is 30.6. The highest BCUT2D eigenvalue weighted by atomic mass is 19.1. The second kappa shape index (κ2) is 15.5. The number of halogens is 1. The number of hydrogen-bond donors (Lipinski definition) is 0. The minimum atomic E-state index is -0.893. The van der Waals surface area contributed by atoms with Gasteiger partial charge < -0.3 is 23.7 Å². The molecule has 4 unspecified atom stereocenters. The molecule has 0 N–H and O–H groups in total. The van der Waals surface area contributed by atoms with Crippen molar-refractivity contribution < 1.29 is 28.1 Å². The Balaban J connectivity index is 1.24. The molecule has 1 aliphatic rings. The van der Waals surface area contributed by atoms with Crippen LogP contribution in [0.4, 0.5) is 4.39 Å². The van der Waals surface area contributed by atoms with Crippen molar-refractivity contribution in [2.75, 3.05) is 6.61 Å². The van der Waals surface area contributed by atoms with Crippen LogP contribution in [0.5, 0.6) is 5.88 Å². The summed E-state index contributed by atoms with van der Waals surface area (Å²) in [6, 6.07) is 39.2. The summed E-state index contributed by atoms with van der Waals surface area (Å²) in [6.45, 7) is 1.45. The Morgan fingerprint density at radius 2 is 1.09 bits per heavy atom. The molecule has 0 radical (unpaired) electrons. The van der Waals surface area contributed by atoms with Gasteiger partial charge in [-0.25, -0.2) is 4.98 Å². The largest absolute Gasteiger partial charge is 0.472 e. The van der Waals surface area contributed by atoms with Crippen molar-refractivity contribution in [3.63, 3.8) is 0 Å². The number of aromatic nitrogens is 2. The molecule has 0 amide bonds. The van der Waals surface area contributed by atoms with Crippen molar-refractivity contribution in [1.82, 2.24) is 9.97 Å². The number of rotatable bonds is 14. The molecule has 6 rings (SSSR count). The van der Waals surface area contributed by atoms with E-state index >= 15 is 4.39 Å². The van der Waals surface area contributed by atoms with Gasteiger partial charge in [0.15, 0.2) is 0 Å². The number of benzene rings is 4. The van der Waals surface area contributed by atoms with E-state index < -0.39 is 30.4 Å². The molecule has 8 heteroatoms. The molecule has 45 heavy (non-hydrogen) atoms. The van der Waals surface area contributed by atoms with E-state index in [1.165, 1.54) is 6.20 Å². The molecule has 2 heterocycles. The molecule has 0 saturated carbocycles. The van der Waals surface area contributed by atoms with Gasteiger partial charge in [-0.2, -0.15) is 9.37 Å². The maximum absolute atomic E-state index is 15.7. The van der Waals surface area contributed by atoms with Gasteiger partial charge in [0, 0.05) is 0 Å². The monoisotopic (exact) mass is 606 g/mol. The van der Waals surface area contributed by atoms with Gasteiger partial charge in [0.2, 0.25) is 11.8 Å². The van der Waals surface area contributed by atoms with Gasteiger partial charge in [-0.15, -0.1) is 0 Å². The highest BCUT2D eigenvalue weighted by molar-refractivity contribution is 5.19. The minimum absolute atomic E-state index is 0.0268. The lowest BCUT2D eigenvalue weighted by Gasteiger charge is -2.25. The molecule has 4 atom stereocenters. The van der Waals surface area contributed by atoms with Gasteiger partial charge >= 0.3 is 0 Å². The molecule has 4 aromatic carbocycles. The van der Waals surface area contributed by atoms with Gasteiger partial charge in [-0.05, 0) is 22.3 Å². The SMILES string of the molecule is Fc1nc(OCc2ccccc2)cnc1C1OC(COCc2ccccc2)C(OCc2ccccc2)C1OCc1ccccc1. The molecule has 1 saturated heterocycles. The van der Waals surface area contributed by atoms with E-state index in [1.807, 2.05) is 121 Å². The molecule has 0 bridgehead atoms. The van der Waals surface area contributed by atoms with E-state index in [1.54, 1.807) is 0 Å². The summed E-state index contributed by atoms with van der Waals surface area (Å²) in [7, 11) is 0. The average molecular weight is 607 g/mol. The van der Waals surface area contributed by atoms with Gasteiger partial charge in [-0.3, -0.25) is 0 Å². The zero-order valence-corrected chi connectivity index (χ0v) is 24.8. The molecular formula is C37H35FN2O5. The summed E-state index contributed by atoms with van der Waals surface area (Å²) in [4.78, 5) is 8.50. The fraction of sp³-hybridized carbons (Fsp3) is 0.243. The maximum Gasteiger partial charge on any atom is 0.240 e. The number of nitrogens with zero attached hydrogens (tertiary/aromatic N) is 2. The lowest BCUT2D eigenvalue weighted by molar-refractivity contribution is -0.0899. The van der Waals surface area contributed by atoms with Crippen LogP contribution in [-0.4, -0.2) is 34.9 Å². The van der Waals surface area contributed by atoms with Crippen LogP contribution in [0.2, 0.25) is 0 Å². The van der Waals surface area contributed by atoms with E-state index in [0.717, 1.165) is 22.3 Å². The van der Waals surface area contributed by atoms with Crippen LogP contribution in [0.15, 0.2) is 128 Å². The fourth-order valence-electron chi connectivity index (χ4n) is 5.22. The minimum Gasteiger partial charge on any atom is -0.472 e. The summed E-state index contributed by atoms with van der Waals surface area (Å²) >= 11 is 0. The standard InChI is InChI=1S/C37H35FN2O5/c38-37-33(39-21-32(40-37)42-23-28-15-7-2-8-16-28)35-36(44-25-30-19-11-4-12-20-30)34(43-24-29-17-9-3-10-18-29)31(45-35)26-41-22-27-13-5-1-6-14-27/h1-21,31,34-36H,22-26H2. The van der Waals surface area contributed by atoms with Crippen LogP contribution in [0.3, 0.4) is 0 Å². The second-order valence-corrected chi connectivity index (χ2v) is 10.8. The molecule has 5 aromatic rings. The van der Waals surface area contributed by atoms with Crippen molar-refractivity contribution in [2.24, 2.45) is 0 Å². The van der Waals surface area contributed by atoms with E-state index in [9.17, 15) is 0 Å². The molecule has 0 aliphatic carbocycles. The lowest BCUT2D eigenvalue weighted by Crippen LogP contribution is -2.38. The Labute approximate surface area is 262 Å². The second-order valence-electron chi connectivity index (χ2n) is 10.8. The predicted molar refractivity (Wildman–Crippen MR) is 167 cm³/mol. The van der Waals surface area contributed by atoms with Crippen molar-refractivity contribution in [2.45, 2.75) is 50.8 Å². The van der Waals surface area contributed by atoms with Crippen molar-refractivity contribution in [3.05, 3.63) is 161 Å². The highest BCUT2D eigenvalue weighted by Gasteiger charge is 2.49. The van der Waals surface area contributed by atoms with Gasteiger partial charge in [0.25, 0.3) is 0 Å². The van der Waals surface area contributed by atoms with Crippen LogP contribution >= 0.6 is 0 Å².